The Bertz CT molecular complexity index is 1310. The van der Waals surface area contributed by atoms with E-state index in [1.807, 2.05) is 41.3 Å². The molecule has 0 saturated carbocycles. The van der Waals surface area contributed by atoms with Gasteiger partial charge in [0.05, 0.1) is 18.8 Å². The number of carbonyl (C=O) groups is 2. The van der Waals surface area contributed by atoms with E-state index >= 15 is 0 Å². The van der Waals surface area contributed by atoms with Gasteiger partial charge < -0.3 is 19.2 Å². The van der Waals surface area contributed by atoms with Gasteiger partial charge in [-0.15, -0.1) is 0 Å². The number of para-hydroxylation sites is 1. The highest BCUT2D eigenvalue weighted by Gasteiger charge is 2.47. The van der Waals surface area contributed by atoms with Crippen LogP contribution in [0.1, 0.15) is 35.0 Å². The van der Waals surface area contributed by atoms with E-state index in [0.717, 1.165) is 35.0 Å². The Balaban J connectivity index is 1.38. The first-order valence-corrected chi connectivity index (χ1v) is 11.4. The van der Waals surface area contributed by atoms with Crippen LogP contribution in [-0.4, -0.2) is 39.2 Å². The second-order valence-electron chi connectivity index (χ2n) is 8.90. The molecule has 1 N–H and O–H groups in total. The predicted octanol–water partition coefficient (Wildman–Crippen LogP) is 4.23. The van der Waals surface area contributed by atoms with Crippen LogP contribution in [0, 0.1) is 0 Å². The van der Waals surface area contributed by atoms with Gasteiger partial charge in [0.1, 0.15) is 18.3 Å². The number of hydrogen-bond donors (Lipinski definition) is 1. The molecule has 166 valence electrons. The van der Waals surface area contributed by atoms with Gasteiger partial charge >= 0.3 is 0 Å². The van der Waals surface area contributed by atoms with Crippen molar-refractivity contribution in [2.45, 2.75) is 37.9 Å². The third kappa shape index (κ3) is 3.42. The van der Waals surface area contributed by atoms with Crippen LogP contribution in [0.2, 0.25) is 0 Å². The van der Waals surface area contributed by atoms with Gasteiger partial charge in [-0.3, -0.25) is 9.59 Å². The molecule has 0 bridgehead atoms. The first-order valence-electron chi connectivity index (χ1n) is 11.4. The van der Waals surface area contributed by atoms with Crippen molar-refractivity contribution in [3.63, 3.8) is 0 Å². The number of aryl methyl sites for hydroxylation is 1. The topological polar surface area (TPSA) is 69.6 Å². The van der Waals surface area contributed by atoms with Gasteiger partial charge in [0.2, 0.25) is 11.8 Å². The number of fused-ring (bicyclic) bond motifs is 4. The standard InChI is InChI=1S/C27H25N3O3/c31-25-17-29(16-19-9-6-14-33-19)27(32)24-15-21-20-10-4-5-11-22(20)28-26(21)23(30(24)25)13-12-18-7-2-1-3-8-18/h1-11,14,23-24,28H,12-13,15-17H2/t23?,24-/m0/s1. The molecule has 2 amide bonds. The van der Waals surface area contributed by atoms with Crippen molar-refractivity contribution in [1.29, 1.82) is 0 Å². The molecule has 0 aliphatic carbocycles. The summed E-state index contributed by atoms with van der Waals surface area (Å²) in [6, 6.07) is 21.5. The van der Waals surface area contributed by atoms with Crippen molar-refractivity contribution in [3.05, 3.63) is 95.6 Å². The maximum atomic E-state index is 13.6. The summed E-state index contributed by atoms with van der Waals surface area (Å²) in [5.74, 6) is 0.675. The molecule has 2 aromatic heterocycles. The second kappa shape index (κ2) is 7.96. The molecular formula is C27H25N3O3. The van der Waals surface area contributed by atoms with E-state index in [0.29, 0.717) is 18.7 Å². The molecule has 2 aliphatic heterocycles. The highest BCUT2D eigenvalue weighted by molar-refractivity contribution is 5.97. The molecular weight excluding hydrogens is 414 g/mol. The Hall–Kier alpha value is -3.80. The van der Waals surface area contributed by atoms with Gasteiger partial charge in [-0.1, -0.05) is 48.5 Å². The third-order valence-corrected chi connectivity index (χ3v) is 6.94. The Kier molecular flexibility index (Phi) is 4.79. The molecule has 1 fully saturated rings. The largest absolute Gasteiger partial charge is 0.467 e. The number of carbonyl (C=O) groups excluding carboxylic acids is 2. The molecule has 2 aliphatic rings. The SMILES string of the molecule is O=C1[C@@H]2Cc3c([nH]c4ccccc34)C(CCc3ccccc3)N2C(=O)CN1Cc1ccco1. The van der Waals surface area contributed by atoms with E-state index in [1.165, 1.54) is 5.56 Å². The highest BCUT2D eigenvalue weighted by Crippen LogP contribution is 2.41. The summed E-state index contributed by atoms with van der Waals surface area (Å²) in [7, 11) is 0. The molecule has 4 heterocycles. The van der Waals surface area contributed by atoms with Gasteiger partial charge in [-0.25, -0.2) is 0 Å². The van der Waals surface area contributed by atoms with Crippen molar-refractivity contribution in [2.24, 2.45) is 0 Å². The van der Waals surface area contributed by atoms with Crippen LogP contribution in [0.3, 0.4) is 0 Å². The number of amides is 2. The summed E-state index contributed by atoms with van der Waals surface area (Å²) in [5, 5.41) is 1.14. The number of H-pyrrole nitrogens is 1. The van der Waals surface area contributed by atoms with E-state index in [-0.39, 0.29) is 24.4 Å². The molecule has 33 heavy (non-hydrogen) atoms. The normalized spacial score (nSPS) is 20.2. The number of piperazine rings is 1. The van der Waals surface area contributed by atoms with Gasteiger partial charge in [-0.2, -0.15) is 0 Å². The minimum Gasteiger partial charge on any atom is -0.467 e. The Labute approximate surface area is 191 Å². The number of aromatic nitrogens is 1. The average molecular weight is 440 g/mol. The Morgan fingerprint density at radius 3 is 2.61 bits per heavy atom. The van der Waals surface area contributed by atoms with Gasteiger partial charge in [0.15, 0.2) is 0 Å². The minimum atomic E-state index is -0.492. The second-order valence-corrected chi connectivity index (χ2v) is 8.90. The molecule has 6 nitrogen and oxygen atoms in total. The predicted molar refractivity (Wildman–Crippen MR) is 124 cm³/mol. The van der Waals surface area contributed by atoms with Gasteiger partial charge in [0, 0.05) is 23.0 Å². The molecule has 0 spiro atoms. The number of furan rings is 1. The molecule has 2 atom stereocenters. The fourth-order valence-electron chi connectivity index (χ4n) is 5.42. The quantitative estimate of drug-likeness (QED) is 0.506. The van der Waals surface area contributed by atoms with Crippen molar-refractivity contribution < 1.29 is 14.0 Å². The van der Waals surface area contributed by atoms with Crippen molar-refractivity contribution in [3.8, 4) is 0 Å². The van der Waals surface area contributed by atoms with Crippen LogP contribution in [-0.2, 0) is 29.0 Å². The van der Waals surface area contributed by atoms with E-state index < -0.39 is 6.04 Å². The Morgan fingerprint density at radius 2 is 1.79 bits per heavy atom. The van der Waals surface area contributed by atoms with Crippen LogP contribution in [0.25, 0.3) is 10.9 Å². The van der Waals surface area contributed by atoms with E-state index in [1.54, 1.807) is 17.2 Å². The number of rotatable bonds is 5. The van der Waals surface area contributed by atoms with E-state index in [9.17, 15) is 9.59 Å². The summed E-state index contributed by atoms with van der Waals surface area (Å²) in [4.78, 5) is 34.1. The number of benzene rings is 2. The average Bonchev–Trinajstić information content (AvgIpc) is 3.48. The fourth-order valence-corrected chi connectivity index (χ4v) is 5.42. The molecule has 2 aromatic carbocycles. The summed E-state index contributed by atoms with van der Waals surface area (Å²) in [5.41, 5.74) is 4.52. The number of hydrogen-bond acceptors (Lipinski definition) is 3. The molecule has 1 saturated heterocycles. The first kappa shape index (κ1) is 19.9. The highest BCUT2D eigenvalue weighted by atomic mass is 16.3. The van der Waals surface area contributed by atoms with Crippen molar-refractivity contribution >= 4 is 22.7 Å². The zero-order valence-electron chi connectivity index (χ0n) is 18.2. The smallest absolute Gasteiger partial charge is 0.246 e. The maximum Gasteiger partial charge on any atom is 0.246 e. The van der Waals surface area contributed by atoms with Crippen LogP contribution in [0.15, 0.2) is 77.4 Å². The molecule has 1 unspecified atom stereocenters. The van der Waals surface area contributed by atoms with Gasteiger partial charge in [0.25, 0.3) is 0 Å². The van der Waals surface area contributed by atoms with E-state index in [4.69, 9.17) is 4.42 Å². The molecule has 6 rings (SSSR count). The fraction of sp³-hybridized carbons (Fsp3) is 0.259. The van der Waals surface area contributed by atoms with Crippen LogP contribution < -0.4 is 0 Å². The number of aromatic amines is 1. The van der Waals surface area contributed by atoms with Gasteiger partial charge in [-0.05, 0) is 42.2 Å². The molecule has 4 aromatic rings. The van der Waals surface area contributed by atoms with E-state index in [2.05, 4.69) is 29.2 Å². The zero-order chi connectivity index (χ0) is 22.4. The summed E-state index contributed by atoms with van der Waals surface area (Å²) >= 11 is 0. The van der Waals surface area contributed by atoms with Crippen LogP contribution >= 0.6 is 0 Å². The summed E-state index contributed by atoms with van der Waals surface area (Å²) < 4.78 is 5.44. The summed E-state index contributed by atoms with van der Waals surface area (Å²) in [6.07, 6.45) is 3.72. The lowest BCUT2D eigenvalue weighted by atomic mass is 9.86. The Morgan fingerprint density at radius 1 is 0.970 bits per heavy atom. The van der Waals surface area contributed by atoms with Crippen LogP contribution in [0.4, 0.5) is 0 Å². The number of nitrogens with one attached hydrogen (secondary N) is 1. The lowest BCUT2D eigenvalue weighted by Crippen LogP contribution is -2.62. The molecule has 6 heteroatoms. The first-order chi connectivity index (χ1) is 16.2. The van der Waals surface area contributed by atoms with Crippen molar-refractivity contribution in [2.75, 3.05) is 6.54 Å². The monoisotopic (exact) mass is 439 g/mol. The zero-order valence-corrected chi connectivity index (χ0v) is 18.2. The summed E-state index contributed by atoms with van der Waals surface area (Å²) in [6.45, 7) is 0.394. The minimum absolute atomic E-state index is 0.00600. The number of nitrogens with zero attached hydrogens (tertiary/aromatic N) is 2. The van der Waals surface area contributed by atoms with Crippen molar-refractivity contribution in [1.82, 2.24) is 14.8 Å². The third-order valence-electron chi connectivity index (χ3n) is 6.94. The lowest BCUT2D eigenvalue weighted by Gasteiger charge is -2.47. The molecule has 0 radical (unpaired) electrons. The maximum absolute atomic E-state index is 13.6. The lowest BCUT2D eigenvalue weighted by molar-refractivity contribution is -0.160. The van der Waals surface area contributed by atoms with Crippen LogP contribution in [0.5, 0.6) is 0 Å².